The van der Waals surface area contributed by atoms with Gasteiger partial charge in [-0.25, -0.2) is 0 Å². The van der Waals surface area contributed by atoms with Crippen molar-refractivity contribution >= 4 is 43.6 Å². The van der Waals surface area contributed by atoms with Crippen LogP contribution in [0.4, 0.5) is 0 Å². The van der Waals surface area contributed by atoms with Gasteiger partial charge in [0, 0.05) is 43.7 Å². The van der Waals surface area contributed by atoms with Crippen LogP contribution in [0.25, 0.3) is 77.2 Å². The van der Waals surface area contributed by atoms with E-state index in [1.54, 1.807) is 0 Å². The number of hydrogen-bond donors (Lipinski definition) is 0. The number of para-hydroxylation sites is 2. The zero-order valence-electron chi connectivity index (χ0n) is 37.0. The fourth-order valence-electron chi connectivity index (χ4n) is 11.9. The summed E-state index contributed by atoms with van der Waals surface area (Å²) in [6.07, 6.45) is 0. The fourth-order valence-corrected chi connectivity index (χ4v) is 11.9. The number of benzene rings is 10. The van der Waals surface area contributed by atoms with Crippen LogP contribution in [0.1, 0.15) is 47.2 Å². The minimum atomic E-state index is -0.550. The van der Waals surface area contributed by atoms with Crippen molar-refractivity contribution in [2.45, 2.75) is 24.7 Å². The molecule has 0 spiro atoms. The van der Waals surface area contributed by atoms with E-state index in [1.807, 2.05) is 0 Å². The van der Waals surface area contributed by atoms with Crippen LogP contribution in [-0.4, -0.2) is 9.13 Å². The second-order valence-corrected chi connectivity index (χ2v) is 18.3. The molecular formula is C64H46N2. The molecule has 1 aliphatic rings. The first-order valence-corrected chi connectivity index (χ1v) is 23.1. The number of hydrogen-bond acceptors (Lipinski definition) is 0. The zero-order chi connectivity index (χ0) is 44.0. The lowest BCUT2D eigenvalue weighted by Crippen LogP contribution is -2.41. The van der Waals surface area contributed by atoms with E-state index in [-0.39, 0.29) is 0 Å². The number of nitrogens with zero attached hydrogens (tertiary/aromatic N) is 2. The highest BCUT2D eigenvalue weighted by Crippen LogP contribution is 2.60. The van der Waals surface area contributed by atoms with Gasteiger partial charge in [0.25, 0.3) is 0 Å². The maximum atomic E-state index is 2.50. The summed E-state index contributed by atoms with van der Waals surface area (Å²) in [5.41, 5.74) is 18.8. The van der Waals surface area contributed by atoms with Gasteiger partial charge in [0.2, 0.25) is 0 Å². The third-order valence-electron chi connectivity index (χ3n) is 14.9. The van der Waals surface area contributed by atoms with Gasteiger partial charge < -0.3 is 9.13 Å². The van der Waals surface area contributed by atoms with E-state index in [2.05, 4.69) is 266 Å². The fraction of sp³-hybridized carbons (Fsp3) is 0.0625. The smallest absolute Gasteiger partial charge is 0.0544 e. The summed E-state index contributed by atoms with van der Waals surface area (Å²) in [6, 6.07) is 90.0. The van der Waals surface area contributed by atoms with Crippen molar-refractivity contribution in [3.63, 3.8) is 0 Å². The molecule has 0 fully saturated rings. The molecule has 0 bridgehead atoms. The Hall–Kier alpha value is -8.20. The second kappa shape index (κ2) is 14.7. The Bertz CT molecular complexity index is 3570. The van der Waals surface area contributed by atoms with E-state index >= 15 is 0 Å². The summed E-state index contributed by atoms with van der Waals surface area (Å²) in [5, 5.41) is 5.11. The Kier molecular flexibility index (Phi) is 8.51. The lowest BCUT2D eigenvalue weighted by atomic mass is 9.54. The molecule has 2 heteroatoms. The van der Waals surface area contributed by atoms with Crippen LogP contribution in [0.15, 0.2) is 243 Å². The van der Waals surface area contributed by atoms with E-state index in [0.717, 1.165) is 11.4 Å². The molecule has 13 rings (SSSR count). The SMILES string of the molecule is CC1(c2ccccc2)c2ccc3c(c2C(C)(c2ccccc2)c2ccc4c(c21)c1ccccc1n4-c1cccc(-c2ccccc2)c1)c1ccccc1n3-c1cccc(-c2ccccc2)c1. The Morgan fingerprint density at radius 2 is 0.636 bits per heavy atom. The lowest BCUT2D eigenvalue weighted by molar-refractivity contribution is 0.577. The van der Waals surface area contributed by atoms with Crippen molar-refractivity contribution in [1.82, 2.24) is 9.13 Å². The topological polar surface area (TPSA) is 9.86 Å². The minimum Gasteiger partial charge on any atom is -0.309 e. The second-order valence-electron chi connectivity index (χ2n) is 18.3. The Labute approximate surface area is 385 Å². The molecule has 66 heavy (non-hydrogen) atoms. The zero-order valence-corrected chi connectivity index (χ0v) is 37.0. The van der Waals surface area contributed by atoms with Gasteiger partial charge in [0.1, 0.15) is 0 Å². The van der Waals surface area contributed by atoms with Crippen LogP contribution in [0.3, 0.4) is 0 Å². The predicted molar refractivity (Wildman–Crippen MR) is 276 cm³/mol. The van der Waals surface area contributed by atoms with E-state index in [9.17, 15) is 0 Å². The molecule has 0 amide bonds. The lowest BCUT2D eigenvalue weighted by Gasteiger charge is -2.48. The summed E-state index contributed by atoms with van der Waals surface area (Å²) in [7, 11) is 0. The van der Waals surface area contributed by atoms with Crippen LogP contribution in [0.2, 0.25) is 0 Å². The maximum Gasteiger partial charge on any atom is 0.0544 e. The third-order valence-corrected chi connectivity index (χ3v) is 14.9. The van der Waals surface area contributed by atoms with E-state index < -0.39 is 10.8 Å². The van der Waals surface area contributed by atoms with E-state index in [4.69, 9.17) is 0 Å². The third kappa shape index (κ3) is 5.42. The summed E-state index contributed by atoms with van der Waals surface area (Å²) < 4.78 is 5.00. The van der Waals surface area contributed by atoms with E-state index in [1.165, 1.54) is 99.2 Å². The van der Waals surface area contributed by atoms with Crippen LogP contribution in [0.5, 0.6) is 0 Å². The van der Waals surface area contributed by atoms with Crippen LogP contribution in [-0.2, 0) is 10.8 Å². The van der Waals surface area contributed by atoms with Gasteiger partial charge in [0.15, 0.2) is 0 Å². The molecule has 2 nitrogen and oxygen atoms in total. The first-order chi connectivity index (χ1) is 32.5. The first kappa shape index (κ1) is 38.3. The molecule has 2 aromatic heterocycles. The van der Waals surface area contributed by atoms with Crippen LogP contribution >= 0.6 is 0 Å². The monoisotopic (exact) mass is 842 g/mol. The molecule has 12 aromatic rings. The van der Waals surface area contributed by atoms with Crippen molar-refractivity contribution in [2.24, 2.45) is 0 Å². The molecule has 0 N–H and O–H groups in total. The van der Waals surface area contributed by atoms with Gasteiger partial charge >= 0.3 is 0 Å². The summed E-state index contributed by atoms with van der Waals surface area (Å²) in [5.74, 6) is 0. The molecule has 10 aromatic carbocycles. The van der Waals surface area contributed by atoms with Gasteiger partial charge in [-0.2, -0.15) is 0 Å². The number of rotatable bonds is 6. The highest BCUT2D eigenvalue weighted by molar-refractivity contribution is 6.15. The van der Waals surface area contributed by atoms with Crippen molar-refractivity contribution in [2.75, 3.05) is 0 Å². The average molecular weight is 843 g/mol. The Morgan fingerprint density at radius 3 is 1.05 bits per heavy atom. The van der Waals surface area contributed by atoms with Crippen molar-refractivity contribution < 1.29 is 0 Å². The van der Waals surface area contributed by atoms with Gasteiger partial charge in [-0.05, 0) is 118 Å². The van der Waals surface area contributed by atoms with E-state index in [0.29, 0.717) is 0 Å². The van der Waals surface area contributed by atoms with Crippen molar-refractivity contribution in [1.29, 1.82) is 0 Å². The van der Waals surface area contributed by atoms with Gasteiger partial charge in [-0.3, -0.25) is 0 Å². The normalized spacial score (nSPS) is 16.8. The molecule has 2 atom stereocenters. The molecule has 0 saturated carbocycles. The Morgan fingerprint density at radius 1 is 0.288 bits per heavy atom. The highest BCUT2D eigenvalue weighted by Gasteiger charge is 2.50. The highest BCUT2D eigenvalue weighted by atomic mass is 15.0. The van der Waals surface area contributed by atoms with Crippen LogP contribution in [0, 0.1) is 0 Å². The minimum absolute atomic E-state index is 0.550. The number of aromatic nitrogens is 2. The van der Waals surface area contributed by atoms with Crippen LogP contribution < -0.4 is 0 Å². The maximum absolute atomic E-state index is 2.50. The van der Waals surface area contributed by atoms with Crippen molar-refractivity contribution in [3.05, 3.63) is 276 Å². The summed E-state index contributed by atoms with van der Waals surface area (Å²) in [6.45, 7) is 5.00. The summed E-state index contributed by atoms with van der Waals surface area (Å²) >= 11 is 0. The molecule has 0 saturated heterocycles. The molecule has 1 aliphatic carbocycles. The largest absolute Gasteiger partial charge is 0.309 e. The molecule has 2 heterocycles. The molecule has 312 valence electrons. The van der Waals surface area contributed by atoms with Gasteiger partial charge in [-0.15, -0.1) is 0 Å². The quantitative estimate of drug-likeness (QED) is 0.158. The average Bonchev–Trinajstić information content (AvgIpc) is 3.92. The molecule has 0 aliphatic heterocycles. The van der Waals surface area contributed by atoms with Gasteiger partial charge in [0.05, 0.1) is 22.1 Å². The predicted octanol–water partition coefficient (Wildman–Crippen LogP) is 16.2. The molecule has 0 radical (unpaired) electrons. The molecule has 2 unspecified atom stereocenters. The standard InChI is InChI=1S/C64H46N2/c1-63(47-27-11-5-12-28-47)53-37-39-58-60(52-34-16-18-36-56(52)66(58)50-32-20-26-46(42-50)44-23-9-4-10-24-44)62(53)64(2,48-29-13-6-14-30-48)54-38-40-57-59(61(54)63)51-33-15-17-35-55(51)65(57)49-31-19-25-45(41-49)43-21-7-3-8-22-43/h3-42H,1-2H3. The first-order valence-electron chi connectivity index (χ1n) is 23.1. The summed E-state index contributed by atoms with van der Waals surface area (Å²) in [4.78, 5) is 0. The molecular weight excluding hydrogens is 797 g/mol. The Balaban J connectivity index is 1.17. The van der Waals surface area contributed by atoms with Gasteiger partial charge in [-0.1, -0.05) is 194 Å². The van der Waals surface area contributed by atoms with Crippen molar-refractivity contribution in [3.8, 4) is 33.6 Å². The number of fused-ring (bicyclic) bond motifs is 10.